The van der Waals surface area contributed by atoms with Crippen LogP contribution >= 0.6 is 11.8 Å². The smallest absolute Gasteiger partial charge is 0.228 e. The lowest BCUT2D eigenvalue weighted by atomic mass is 9.87. The number of carbonyl (C=O) groups is 1. The summed E-state index contributed by atoms with van der Waals surface area (Å²) >= 11 is 1.75. The molecule has 104 valence electrons. The van der Waals surface area contributed by atoms with E-state index < -0.39 is 0 Å². The number of hydrogen-bond donors (Lipinski definition) is 2. The fraction of sp³-hybridized carbons (Fsp3) is 0.533. The molecule has 0 radical (unpaired) electrons. The summed E-state index contributed by atoms with van der Waals surface area (Å²) in [4.78, 5) is 13.7. The van der Waals surface area contributed by atoms with E-state index >= 15 is 0 Å². The molecule has 0 fully saturated rings. The van der Waals surface area contributed by atoms with E-state index in [1.807, 2.05) is 19.1 Å². The first-order chi connectivity index (χ1) is 8.98. The molecule has 1 amide bonds. The van der Waals surface area contributed by atoms with Gasteiger partial charge in [0.05, 0.1) is 11.5 Å². The predicted molar refractivity (Wildman–Crippen MR) is 80.3 cm³/mol. The highest BCUT2D eigenvalue weighted by Gasteiger charge is 2.34. The Kier molecular flexibility index (Phi) is 4.21. The fourth-order valence-electron chi connectivity index (χ4n) is 2.18. The first-order valence-corrected chi connectivity index (χ1v) is 7.70. The third kappa shape index (κ3) is 2.79. The minimum absolute atomic E-state index is 0.0502. The molecular weight excluding hydrogens is 256 g/mol. The zero-order valence-electron chi connectivity index (χ0n) is 11.8. The lowest BCUT2D eigenvalue weighted by Gasteiger charge is -2.34. The van der Waals surface area contributed by atoms with Crippen LogP contribution in [0.4, 0.5) is 0 Å². The van der Waals surface area contributed by atoms with Gasteiger partial charge in [-0.1, -0.05) is 32.0 Å². The van der Waals surface area contributed by atoms with E-state index in [9.17, 15) is 4.79 Å². The maximum absolute atomic E-state index is 12.5. The summed E-state index contributed by atoms with van der Waals surface area (Å²) in [5.41, 5.74) is 6.64. The fourth-order valence-corrected chi connectivity index (χ4v) is 3.41. The van der Waals surface area contributed by atoms with Gasteiger partial charge in [-0.2, -0.15) is 0 Å². The lowest BCUT2D eigenvalue weighted by molar-refractivity contribution is -0.124. The van der Waals surface area contributed by atoms with Gasteiger partial charge in [0.1, 0.15) is 0 Å². The Balaban J connectivity index is 2.14. The van der Waals surface area contributed by atoms with E-state index in [2.05, 4.69) is 31.3 Å². The summed E-state index contributed by atoms with van der Waals surface area (Å²) < 4.78 is 0. The largest absolute Gasteiger partial charge is 0.349 e. The van der Waals surface area contributed by atoms with Crippen molar-refractivity contribution in [2.24, 2.45) is 11.7 Å². The van der Waals surface area contributed by atoms with Crippen LogP contribution in [0.5, 0.6) is 0 Å². The molecule has 0 aromatic heterocycles. The molecule has 3 nitrogen and oxygen atoms in total. The molecule has 1 aliphatic heterocycles. The van der Waals surface area contributed by atoms with Gasteiger partial charge in [-0.25, -0.2) is 0 Å². The average molecular weight is 278 g/mol. The second-order valence-electron chi connectivity index (χ2n) is 5.67. The van der Waals surface area contributed by atoms with Crippen molar-refractivity contribution in [3.8, 4) is 0 Å². The van der Waals surface area contributed by atoms with E-state index in [1.54, 1.807) is 11.8 Å². The zero-order valence-corrected chi connectivity index (χ0v) is 12.6. The van der Waals surface area contributed by atoms with Crippen molar-refractivity contribution >= 4 is 17.7 Å². The quantitative estimate of drug-likeness (QED) is 0.889. The third-order valence-electron chi connectivity index (χ3n) is 4.12. The van der Waals surface area contributed by atoms with E-state index in [-0.39, 0.29) is 17.4 Å². The summed E-state index contributed by atoms with van der Waals surface area (Å²) in [6, 6.07) is 8.15. The van der Waals surface area contributed by atoms with Gasteiger partial charge in [0.15, 0.2) is 0 Å². The van der Waals surface area contributed by atoms with Crippen molar-refractivity contribution in [1.29, 1.82) is 0 Å². The maximum atomic E-state index is 12.5. The molecule has 0 aliphatic carbocycles. The molecule has 4 heteroatoms. The Morgan fingerprint density at radius 3 is 2.84 bits per heavy atom. The van der Waals surface area contributed by atoms with Crippen molar-refractivity contribution in [2.45, 2.75) is 37.1 Å². The van der Waals surface area contributed by atoms with Gasteiger partial charge in [-0.15, -0.1) is 11.8 Å². The number of amides is 1. The lowest BCUT2D eigenvalue weighted by Crippen LogP contribution is -2.56. The molecule has 2 unspecified atom stereocenters. The monoisotopic (exact) mass is 278 g/mol. The average Bonchev–Trinajstić information content (AvgIpc) is 2.82. The summed E-state index contributed by atoms with van der Waals surface area (Å²) in [6.45, 7) is 6.65. The minimum Gasteiger partial charge on any atom is -0.349 e. The molecule has 2 atom stereocenters. The molecule has 1 heterocycles. The molecule has 0 saturated heterocycles. The number of benzene rings is 1. The third-order valence-corrected chi connectivity index (χ3v) is 5.31. The van der Waals surface area contributed by atoms with Crippen LogP contribution < -0.4 is 11.1 Å². The van der Waals surface area contributed by atoms with E-state index in [4.69, 9.17) is 5.73 Å². The molecule has 3 N–H and O–H groups in total. The minimum atomic E-state index is -0.334. The molecule has 0 bridgehead atoms. The number of hydrogen-bond acceptors (Lipinski definition) is 3. The topological polar surface area (TPSA) is 55.1 Å². The normalized spacial score (nSPS) is 21.0. The van der Waals surface area contributed by atoms with Crippen molar-refractivity contribution in [3.05, 3.63) is 29.8 Å². The van der Waals surface area contributed by atoms with Crippen LogP contribution in [0.3, 0.4) is 0 Å². The number of nitrogens with two attached hydrogens (primary N) is 1. The zero-order chi connectivity index (χ0) is 14.0. The van der Waals surface area contributed by atoms with Crippen LogP contribution in [-0.2, 0) is 4.79 Å². The highest BCUT2D eigenvalue weighted by molar-refractivity contribution is 7.99. The summed E-state index contributed by atoms with van der Waals surface area (Å²) in [5.74, 6) is 1.18. The van der Waals surface area contributed by atoms with E-state index in [0.717, 1.165) is 11.3 Å². The number of rotatable bonds is 4. The Labute approximate surface area is 119 Å². The van der Waals surface area contributed by atoms with Gasteiger partial charge >= 0.3 is 0 Å². The number of nitrogens with one attached hydrogen (secondary N) is 1. The summed E-state index contributed by atoms with van der Waals surface area (Å²) in [6.07, 6.45) is 0. The molecule has 19 heavy (non-hydrogen) atoms. The van der Waals surface area contributed by atoms with Crippen LogP contribution in [0.1, 0.15) is 32.3 Å². The van der Waals surface area contributed by atoms with Crippen LogP contribution in [0.2, 0.25) is 0 Å². The highest BCUT2D eigenvalue weighted by atomic mass is 32.2. The van der Waals surface area contributed by atoms with E-state index in [0.29, 0.717) is 12.5 Å². The van der Waals surface area contributed by atoms with Crippen LogP contribution in [0.15, 0.2) is 29.2 Å². The first-order valence-electron chi connectivity index (χ1n) is 6.72. The van der Waals surface area contributed by atoms with Crippen LogP contribution in [0, 0.1) is 5.92 Å². The van der Waals surface area contributed by atoms with Crippen LogP contribution in [0.25, 0.3) is 0 Å². The number of fused-ring (bicyclic) bond motifs is 1. The van der Waals surface area contributed by atoms with Gasteiger partial charge in [-0.3, -0.25) is 4.79 Å². The molecule has 2 rings (SSSR count). The van der Waals surface area contributed by atoms with Crippen LogP contribution in [-0.4, -0.2) is 23.7 Å². The first kappa shape index (κ1) is 14.4. The molecule has 1 aromatic rings. The van der Waals surface area contributed by atoms with Gasteiger partial charge < -0.3 is 11.1 Å². The van der Waals surface area contributed by atoms with Crippen molar-refractivity contribution < 1.29 is 4.79 Å². The molecule has 1 aromatic carbocycles. The van der Waals surface area contributed by atoms with Gasteiger partial charge in [-0.05, 0) is 24.5 Å². The number of thioether (sulfide) groups is 1. The SMILES string of the molecule is CC(C)C(C)(CN)NC(=O)C1CSc2ccccc21. The molecule has 0 spiro atoms. The standard InChI is InChI=1S/C15H22N2OS/c1-10(2)15(3,9-16)17-14(18)12-8-19-13-7-5-4-6-11(12)13/h4-7,10,12H,8-9,16H2,1-3H3,(H,17,18). The Morgan fingerprint density at radius 2 is 2.21 bits per heavy atom. The van der Waals surface area contributed by atoms with Crippen molar-refractivity contribution in [3.63, 3.8) is 0 Å². The van der Waals surface area contributed by atoms with Gasteiger partial charge in [0, 0.05) is 17.2 Å². The summed E-state index contributed by atoms with van der Waals surface area (Å²) in [7, 11) is 0. The van der Waals surface area contributed by atoms with E-state index in [1.165, 1.54) is 4.90 Å². The highest BCUT2D eigenvalue weighted by Crippen LogP contribution is 2.39. The van der Waals surface area contributed by atoms with Crippen molar-refractivity contribution in [2.75, 3.05) is 12.3 Å². The van der Waals surface area contributed by atoms with Gasteiger partial charge in [0.25, 0.3) is 0 Å². The Bertz CT molecular complexity index is 475. The molecule has 1 aliphatic rings. The molecular formula is C15H22N2OS. The number of carbonyl (C=O) groups excluding carboxylic acids is 1. The Morgan fingerprint density at radius 1 is 1.53 bits per heavy atom. The molecule has 0 saturated carbocycles. The van der Waals surface area contributed by atoms with Crippen molar-refractivity contribution in [1.82, 2.24) is 5.32 Å². The second kappa shape index (κ2) is 5.55. The maximum Gasteiger partial charge on any atom is 0.228 e. The summed E-state index contributed by atoms with van der Waals surface area (Å²) in [5, 5.41) is 3.15. The second-order valence-corrected chi connectivity index (χ2v) is 6.73. The predicted octanol–water partition coefficient (Wildman–Crippen LogP) is 2.37. The Hall–Kier alpha value is -1.00. The van der Waals surface area contributed by atoms with Gasteiger partial charge in [0.2, 0.25) is 5.91 Å².